The van der Waals surface area contributed by atoms with Gasteiger partial charge in [0.2, 0.25) is 0 Å². The Morgan fingerprint density at radius 2 is 1.78 bits per heavy atom. The van der Waals surface area contributed by atoms with E-state index in [0.29, 0.717) is 29.8 Å². The van der Waals surface area contributed by atoms with E-state index in [1.165, 1.54) is 4.90 Å². The van der Waals surface area contributed by atoms with Crippen molar-refractivity contribution in [1.29, 1.82) is 0 Å². The third-order valence-electron chi connectivity index (χ3n) is 5.31. The number of carbonyl (C=O) groups excluding carboxylic acids is 3. The number of fused-ring (bicyclic) bond motifs is 1. The smallest absolute Gasteiger partial charge is 0.261 e. The molecule has 138 valence electrons. The van der Waals surface area contributed by atoms with Crippen LogP contribution in [0.5, 0.6) is 0 Å². The van der Waals surface area contributed by atoms with E-state index < -0.39 is 0 Å². The number of nitrogens with two attached hydrogens (primary N) is 1. The molecular formula is C21H21N3O3. The van der Waals surface area contributed by atoms with Crippen LogP contribution in [0.1, 0.15) is 49.5 Å². The Labute approximate surface area is 157 Å². The van der Waals surface area contributed by atoms with Gasteiger partial charge in [-0.3, -0.25) is 19.3 Å². The molecule has 2 N–H and O–H groups in total. The first-order valence-corrected chi connectivity index (χ1v) is 9.15. The molecule has 0 spiro atoms. The minimum Gasteiger partial charge on any atom is -0.334 e. The van der Waals surface area contributed by atoms with E-state index in [0.717, 1.165) is 18.4 Å². The highest BCUT2D eigenvalue weighted by Crippen LogP contribution is 2.27. The number of rotatable bonds is 4. The molecule has 1 atom stereocenters. The molecule has 2 aliphatic rings. The molecule has 0 bridgehead atoms. The van der Waals surface area contributed by atoms with Crippen molar-refractivity contribution in [3.8, 4) is 0 Å². The van der Waals surface area contributed by atoms with Gasteiger partial charge in [-0.1, -0.05) is 30.3 Å². The summed E-state index contributed by atoms with van der Waals surface area (Å²) in [6.45, 7) is 1.32. The van der Waals surface area contributed by atoms with Crippen molar-refractivity contribution >= 4 is 17.7 Å². The molecule has 2 aromatic carbocycles. The maximum absolute atomic E-state index is 12.8. The number of imide groups is 1. The third-order valence-corrected chi connectivity index (χ3v) is 5.31. The zero-order chi connectivity index (χ0) is 19.0. The number of hydrogen-bond donors (Lipinski definition) is 1. The molecule has 1 fully saturated rings. The third kappa shape index (κ3) is 3.02. The Balaban J connectivity index is 1.60. The van der Waals surface area contributed by atoms with E-state index in [4.69, 9.17) is 5.73 Å². The summed E-state index contributed by atoms with van der Waals surface area (Å²) in [7, 11) is 0. The molecule has 6 heteroatoms. The Morgan fingerprint density at radius 3 is 2.52 bits per heavy atom. The molecule has 6 nitrogen and oxygen atoms in total. The van der Waals surface area contributed by atoms with Gasteiger partial charge in [-0.15, -0.1) is 0 Å². The number of nitrogens with zero attached hydrogens (tertiary/aromatic N) is 2. The standard InChI is InChI=1S/C21H21N3O3/c22-12-16-7-4-10-23(16)19(25)15-8-9-17-18(11-15)21(27)24(20(17)26)13-14-5-2-1-3-6-14/h1-3,5-6,8-9,11,16H,4,7,10,12-13,22H2. The van der Waals surface area contributed by atoms with Gasteiger partial charge in [-0.05, 0) is 36.6 Å². The maximum atomic E-state index is 12.8. The van der Waals surface area contributed by atoms with Crippen LogP contribution in [0.15, 0.2) is 48.5 Å². The van der Waals surface area contributed by atoms with Crippen LogP contribution in [0.2, 0.25) is 0 Å². The first kappa shape index (κ1) is 17.4. The lowest BCUT2D eigenvalue weighted by molar-refractivity contribution is 0.0642. The van der Waals surface area contributed by atoms with E-state index >= 15 is 0 Å². The van der Waals surface area contributed by atoms with Crippen molar-refractivity contribution in [1.82, 2.24) is 9.80 Å². The number of amides is 3. The molecule has 0 radical (unpaired) electrons. The van der Waals surface area contributed by atoms with E-state index in [2.05, 4.69) is 0 Å². The van der Waals surface area contributed by atoms with Crippen molar-refractivity contribution < 1.29 is 14.4 Å². The Morgan fingerprint density at radius 1 is 1.04 bits per heavy atom. The van der Waals surface area contributed by atoms with Gasteiger partial charge in [0, 0.05) is 24.7 Å². The lowest BCUT2D eigenvalue weighted by atomic mass is 10.0. The molecule has 2 aliphatic heterocycles. The molecule has 1 saturated heterocycles. The lowest BCUT2D eigenvalue weighted by Crippen LogP contribution is -2.39. The van der Waals surface area contributed by atoms with Crippen LogP contribution in [-0.4, -0.2) is 46.7 Å². The van der Waals surface area contributed by atoms with Crippen LogP contribution in [0.4, 0.5) is 0 Å². The zero-order valence-corrected chi connectivity index (χ0v) is 14.9. The first-order chi connectivity index (χ1) is 13.1. The fraction of sp³-hybridized carbons (Fsp3) is 0.286. The predicted octanol–water partition coefficient (Wildman–Crippen LogP) is 2.05. The summed E-state index contributed by atoms with van der Waals surface area (Å²) in [4.78, 5) is 41.3. The molecule has 2 aromatic rings. The maximum Gasteiger partial charge on any atom is 0.261 e. The number of hydrogen-bond acceptors (Lipinski definition) is 4. The quantitative estimate of drug-likeness (QED) is 0.843. The van der Waals surface area contributed by atoms with Crippen LogP contribution in [0, 0.1) is 0 Å². The van der Waals surface area contributed by atoms with Gasteiger partial charge in [0.15, 0.2) is 0 Å². The van der Waals surface area contributed by atoms with Crippen molar-refractivity contribution in [2.24, 2.45) is 5.73 Å². The Kier molecular flexibility index (Phi) is 4.49. The van der Waals surface area contributed by atoms with Crippen LogP contribution >= 0.6 is 0 Å². The number of likely N-dealkylation sites (tertiary alicyclic amines) is 1. The van der Waals surface area contributed by atoms with Crippen LogP contribution in [0.25, 0.3) is 0 Å². The lowest BCUT2D eigenvalue weighted by Gasteiger charge is -2.23. The van der Waals surface area contributed by atoms with Gasteiger partial charge in [-0.25, -0.2) is 0 Å². The predicted molar refractivity (Wildman–Crippen MR) is 100 cm³/mol. The van der Waals surface area contributed by atoms with Gasteiger partial charge in [0.05, 0.1) is 17.7 Å². The van der Waals surface area contributed by atoms with Crippen LogP contribution in [-0.2, 0) is 6.54 Å². The molecule has 0 aliphatic carbocycles. The fourth-order valence-corrected chi connectivity index (χ4v) is 3.85. The van der Waals surface area contributed by atoms with Crippen molar-refractivity contribution in [2.75, 3.05) is 13.1 Å². The van der Waals surface area contributed by atoms with Gasteiger partial charge in [0.1, 0.15) is 0 Å². The van der Waals surface area contributed by atoms with Crippen LogP contribution < -0.4 is 5.73 Å². The molecular weight excluding hydrogens is 342 g/mol. The molecule has 27 heavy (non-hydrogen) atoms. The first-order valence-electron chi connectivity index (χ1n) is 9.15. The summed E-state index contributed by atoms with van der Waals surface area (Å²) in [5, 5.41) is 0. The molecule has 3 amide bonds. The largest absolute Gasteiger partial charge is 0.334 e. The van der Waals surface area contributed by atoms with E-state index in [9.17, 15) is 14.4 Å². The Bertz CT molecular complexity index is 910. The summed E-state index contributed by atoms with van der Waals surface area (Å²) < 4.78 is 0. The summed E-state index contributed by atoms with van der Waals surface area (Å²) >= 11 is 0. The van der Waals surface area contributed by atoms with E-state index in [-0.39, 0.29) is 30.3 Å². The molecule has 0 saturated carbocycles. The topological polar surface area (TPSA) is 83.7 Å². The average molecular weight is 363 g/mol. The monoisotopic (exact) mass is 363 g/mol. The zero-order valence-electron chi connectivity index (χ0n) is 14.9. The summed E-state index contributed by atoms with van der Waals surface area (Å²) in [5.41, 5.74) is 7.72. The Hall–Kier alpha value is -2.99. The van der Waals surface area contributed by atoms with Crippen molar-refractivity contribution in [3.63, 3.8) is 0 Å². The number of carbonyl (C=O) groups is 3. The SMILES string of the molecule is NCC1CCCN1C(=O)c1ccc2c(c1)C(=O)N(Cc1ccccc1)C2=O. The highest BCUT2D eigenvalue weighted by atomic mass is 16.2. The summed E-state index contributed by atoms with van der Waals surface area (Å²) in [6, 6.07) is 14.2. The van der Waals surface area contributed by atoms with Crippen molar-refractivity contribution in [3.05, 3.63) is 70.8 Å². The van der Waals surface area contributed by atoms with Gasteiger partial charge in [-0.2, -0.15) is 0 Å². The summed E-state index contributed by atoms with van der Waals surface area (Å²) in [6.07, 6.45) is 1.83. The second-order valence-electron chi connectivity index (χ2n) is 6.97. The molecule has 0 aromatic heterocycles. The minimum absolute atomic E-state index is 0.0395. The second-order valence-corrected chi connectivity index (χ2v) is 6.97. The van der Waals surface area contributed by atoms with Crippen molar-refractivity contribution in [2.45, 2.75) is 25.4 Å². The number of benzene rings is 2. The fourth-order valence-electron chi connectivity index (χ4n) is 3.85. The normalized spacial score (nSPS) is 18.9. The molecule has 1 unspecified atom stereocenters. The van der Waals surface area contributed by atoms with Crippen LogP contribution in [0.3, 0.4) is 0 Å². The van der Waals surface area contributed by atoms with Gasteiger partial charge >= 0.3 is 0 Å². The average Bonchev–Trinajstić information content (AvgIpc) is 3.27. The molecule has 2 heterocycles. The highest BCUT2D eigenvalue weighted by molar-refractivity contribution is 6.22. The second kappa shape index (κ2) is 6.96. The van der Waals surface area contributed by atoms with E-state index in [1.54, 1.807) is 23.1 Å². The highest BCUT2D eigenvalue weighted by Gasteiger charge is 2.37. The van der Waals surface area contributed by atoms with E-state index in [1.807, 2.05) is 30.3 Å². The molecule has 4 rings (SSSR count). The minimum atomic E-state index is -0.356. The summed E-state index contributed by atoms with van der Waals surface area (Å²) in [5.74, 6) is -0.809. The van der Waals surface area contributed by atoms with Gasteiger partial charge in [0.25, 0.3) is 17.7 Å². The van der Waals surface area contributed by atoms with Gasteiger partial charge < -0.3 is 10.6 Å².